The van der Waals surface area contributed by atoms with Gasteiger partial charge >= 0.3 is 0 Å². The summed E-state index contributed by atoms with van der Waals surface area (Å²) in [5.41, 5.74) is 0.788. The molecule has 0 heterocycles. The lowest BCUT2D eigenvalue weighted by molar-refractivity contribution is -0.119. The maximum Gasteiger partial charge on any atom is 0.230 e. The molecular weight excluding hydrogens is 193 g/mol. The number of hydrogen-bond acceptors (Lipinski definition) is 1. The van der Waals surface area contributed by atoms with Crippen LogP contribution in [0, 0.1) is 11.7 Å². The van der Waals surface area contributed by atoms with Crippen LogP contribution in [0.5, 0.6) is 0 Å². The minimum absolute atomic E-state index is 0.170. The fourth-order valence-corrected chi connectivity index (χ4v) is 1.64. The van der Waals surface area contributed by atoms with Gasteiger partial charge in [-0.2, -0.15) is 0 Å². The Morgan fingerprint density at radius 1 is 1.40 bits per heavy atom. The zero-order valence-electron chi connectivity index (χ0n) is 8.74. The molecule has 0 N–H and O–H groups in total. The van der Waals surface area contributed by atoms with Crippen LogP contribution in [-0.4, -0.2) is 12.5 Å². The number of nitrogens with zero attached hydrogens (tertiary/aromatic N) is 1. The number of rotatable bonds is 3. The van der Waals surface area contributed by atoms with Crippen LogP contribution in [0.2, 0.25) is 0 Å². The van der Waals surface area contributed by atoms with Crippen molar-refractivity contribution in [3.63, 3.8) is 0 Å². The Morgan fingerprint density at radius 2 is 2.00 bits per heavy atom. The zero-order chi connectivity index (χ0) is 10.8. The van der Waals surface area contributed by atoms with E-state index < -0.39 is 0 Å². The number of carbonyl (C=O) groups excluding carboxylic acids is 1. The number of anilines is 1. The van der Waals surface area contributed by atoms with E-state index in [2.05, 4.69) is 0 Å². The summed E-state index contributed by atoms with van der Waals surface area (Å²) >= 11 is 0. The quantitative estimate of drug-likeness (QED) is 0.746. The van der Waals surface area contributed by atoms with Crippen LogP contribution < -0.4 is 4.90 Å². The molecule has 0 aliphatic heterocycles. The fourth-order valence-electron chi connectivity index (χ4n) is 1.64. The summed E-state index contributed by atoms with van der Waals surface area (Å²) in [4.78, 5) is 13.6. The highest BCUT2D eigenvalue weighted by Crippen LogP contribution is 2.32. The molecule has 1 amide bonds. The first-order valence-corrected chi connectivity index (χ1v) is 5.29. The lowest BCUT2D eigenvalue weighted by Crippen LogP contribution is -2.31. The molecule has 0 unspecified atom stereocenters. The highest BCUT2D eigenvalue weighted by atomic mass is 19.1. The summed E-state index contributed by atoms with van der Waals surface area (Å²) in [6.07, 6.45) is 1.99. The molecule has 1 fully saturated rings. The van der Waals surface area contributed by atoms with Gasteiger partial charge in [0.25, 0.3) is 0 Å². The molecule has 80 valence electrons. The van der Waals surface area contributed by atoms with Gasteiger partial charge < -0.3 is 4.90 Å². The minimum atomic E-state index is -0.270. The van der Waals surface area contributed by atoms with Crippen molar-refractivity contribution >= 4 is 11.6 Å². The summed E-state index contributed by atoms with van der Waals surface area (Å²) in [5, 5.41) is 0. The summed E-state index contributed by atoms with van der Waals surface area (Å²) in [6.45, 7) is 2.57. The molecule has 0 aromatic heterocycles. The molecule has 1 aliphatic rings. The van der Waals surface area contributed by atoms with Gasteiger partial charge in [-0.15, -0.1) is 0 Å². The third-order valence-corrected chi connectivity index (χ3v) is 2.65. The second kappa shape index (κ2) is 4.01. The molecule has 2 rings (SSSR count). The average molecular weight is 207 g/mol. The second-order valence-electron chi connectivity index (χ2n) is 3.83. The van der Waals surface area contributed by atoms with E-state index >= 15 is 0 Å². The molecule has 0 spiro atoms. The standard InChI is InChI=1S/C12H14FNO/c1-2-14(12(15)9-3-4-9)11-7-5-10(13)6-8-11/h5-9H,2-4H2,1H3. The topological polar surface area (TPSA) is 20.3 Å². The van der Waals surface area contributed by atoms with E-state index in [1.165, 1.54) is 12.1 Å². The van der Waals surface area contributed by atoms with Crippen molar-refractivity contribution in [1.82, 2.24) is 0 Å². The molecular formula is C12H14FNO. The van der Waals surface area contributed by atoms with Crippen LogP contribution in [-0.2, 0) is 4.79 Å². The van der Waals surface area contributed by atoms with E-state index in [4.69, 9.17) is 0 Å². The van der Waals surface area contributed by atoms with Gasteiger partial charge in [0, 0.05) is 18.2 Å². The van der Waals surface area contributed by atoms with Crippen molar-refractivity contribution in [3.05, 3.63) is 30.1 Å². The van der Waals surface area contributed by atoms with Crippen LogP contribution in [0.1, 0.15) is 19.8 Å². The highest BCUT2D eigenvalue weighted by molar-refractivity contribution is 5.96. The Balaban J connectivity index is 2.18. The first-order valence-electron chi connectivity index (χ1n) is 5.29. The maximum absolute atomic E-state index is 12.7. The fraction of sp³-hybridized carbons (Fsp3) is 0.417. The number of benzene rings is 1. The first kappa shape index (κ1) is 10.1. The van der Waals surface area contributed by atoms with Gasteiger partial charge in [-0.05, 0) is 44.0 Å². The summed E-state index contributed by atoms with van der Waals surface area (Å²) in [7, 11) is 0. The van der Waals surface area contributed by atoms with E-state index in [9.17, 15) is 9.18 Å². The van der Waals surface area contributed by atoms with Gasteiger partial charge in [0.1, 0.15) is 5.82 Å². The molecule has 1 aromatic carbocycles. The van der Waals surface area contributed by atoms with Crippen molar-refractivity contribution in [2.24, 2.45) is 5.92 Å². The predicted octanol–water partition coefficient (Wildman–Crippen LogP) is 2.59. The van der Waals surface area contributed by atoms with Crippen molar-refractivity contribution in [2.75, 3.05) is 11.4 Å². The Bertz CT molecular complexity index is 356. The Hall–Kier alpha value is -1.38. The van der Waals surface area contributed by atoms with E-state index in [0.717, 1.165) is 18.5 Å². The van der Waals surface area contributed by atoms with E-state index in [1.807, 2.05) is 6.92 Å². The maximum atomic E-state index is 12.7. The van der Waals surface area contributed by atoms with Crippen LogP contribution >= 0.6 is 0 Å². The molecule has 2 nitrogen and oxygen atoms in total. The Labute approximate surface area is 88.7 Å². The van der Waals surface area contributed by atoms with Crippen molar-refractivity contribution < 1.29 is 9.18 Å². The lowest BCUT2D eigenvalue weighted by atomic mass is 10.2. The summed E-state index contributed by atoms with van der Waals surface area (Å²) < 4.78 is 12.7. The van der Waals surface area contributed by atoms with Crippen LogP contribution in [0.25, 0.3) is 0 Å². The molecule has 1 aliphatic carbocycles. The van der Waals surface area contributed by atoms with Crippen molar-refractivity contribution in [1.29, 1.82) is 0 Å². The SMILES string of the molecule is CCN(C(=O)C1CC1)c1ccc(F)cc1. The van der Waals surface area contributed by atoms with Gasteiger partial charge in [-0.25, -0.2) is 4.39 Å². The molecule has 0 atom stereocenters. The van der Waals surface area contributed by atoms with Crippen molar-refractivity contribution in [3.8, 4) is 0 Å². The first-order chi connectivity index (χ1) is 7.22. The van der Waals surface area contributed by atoms with Gasteiger partial charge in [0.2, 0.25) is 5.91 Å². The number of carbonyl (C=O) groups is 1. The highest BCUT2D eigenvalue weighted by Gasteiger charge is 2.33. The number of halogens is 1. The summed E-state index contributed by atoms with van der Waals surface area (Å²) in [5.74, 6) is 0.104. The molecule has 0 radical (unpaired) electrons. The Kier molecular flexibility index (Phi) is 2.71. The summed E-state index contributed by atoms with van der Waals surface area (Å²) in [6, 6.07) is 6.08. The van der Waals surface area contributed by atoms with Gasteiger partial charge in [0.15, 0.2) is 0 Å². The monoisotopic (exact) mass is 207 g/mol. The second-order valence-corrected chi connectivity index (χ2v) is 3.83. The largest absolute Gasteiger partial charge is 0.312 e. The molecule has 3 heteroatoms. The van der Waals surface area contributed by atoms with E-state index in [1.54, 1.807) is 17.0 Å². The zero-order valence-corrected chi connectivity index (χ0v) is 8.74. The lowest BCUT2D eigenvalue weighted by Gasteiger charge is -2.20. The average Bonchev–Trinajstić information content (AvgIpc) is 3.05. The van der Waals surface area contributed by atoms with Crippen LogP contribution in [0.3, 0.4) is 0 Å². The number of amides is 1. The van der Waals surface area contributed by atoms with Gasteiger partial charge in [-0.1, -0.05) is 0 Å². The third-order valence-electron chi connectivity index (χ3n) is 2.65. The minimum Gasteiger partial charge on any atom is -0.312 e. The van der Waals surface area contributed by atoms with Gasteiger partial charge in [-0.3, -0.25) is 4.79 Å². The normalized spacial score (nSPS) is 15.1. The third kappa shape index (κ3) is 2.17. The van der Waals surface area contributed by atoms with E-state index in [0.29, 0.717) is 6.54 Å². The number of hydrogen-bond donors (Lipinski definition) is 0. The van der Waals surface area contributed by atoms with Crippen LogP contribution in [0.4, 0.5) is 10.1 Å². The van der Waals surface area contributed by atoms with Crippen molar-refractivity contribution in [2.45, 2.75) is 19.8 Å². The van der Waals surface area contributed by atoms with Crippen LogP contribution in [0.15, 0.2) is 24.3 Å². The molecule has 15 heavy (non-hydrogen) atoms. The molecule has 1 saturated carbocycles. The van der Waals surface area contributed by atoms with E-state index in [-0.39, 0.29) is 17.6 Å². The molecule has 0 bridgehead atoms. The Morgan fingerprint density at radius 3 is 2.47 bits per heavy atom. The van der Waals surface area contributed by atoms with Gasteiger partial charge in [0.05, 0.1) is 0 Å². The predicted molar refractivity (Wildman–Crippen MR) is 57.2 cm³/mol. The smallest absolute Gasteiger partial charge is 0.230 e. The molecule has 1 aromatic rings. The molecule has 0 saturated heterocycles.